The van der Waals surface area contributed by atoms with Crippen LogP contribution < -0.4 is 10.1 Å². The molecule has 0 fully saturated rings. The maximum Gasteiger partial charge on any atom is 0.321 e. The second kappa shape index (κ2) is 5.08. The van der Waals surface area contributed by atoms with Crippen molar-refractivity contribution in [3.63, 3.8) is 0 Å². The van der Waals surface area contributed by atoms with Crippen LogP contribution in [0.3, 0.4) is 0 Å². The van der Waals surface area contributed by atoms with Crippen molar-refractivity contribution >= 4 is 16.9 Å². The van der Waals surface area contributed by atoms with Crippen molar-refractivity contribution in [2.24, 2.45) is 0 Å². The lowest BCUT2D eigenvalue weighted by atomic mass is 10.1. The van der Waals surface area contributed by atoms with Gasteiger partial charge in [0, 0.05) is 24.2 Å². The Labute approximate surface area is 115 Å². The third-order valence-electron chi connectivity index (χ3n) is 2.89. The van der Waals surface area contributed by atoms with Gasteiger partial charge in [-0.3, -0.25) is 4.98 Å². The molecule has 0 amide bonds. The fourth-order valence-electron chi connectivity index (χ4n) is 1.96. The molecule has 1 N–H and O–H groups in total. The molecule has 0 spiro atoms. The summed E-state index contributed by atoms with van der Waals surface area (Å²) in [5, 5.41) is 3.93. The maximum atomic E-state index is 5.11. The number of para-hydroxylation sites is 1. The normalized spacial score (nSPS) is 10.5. The fraction of sp³-hybridized carbons (Fsp3) is 0.143. The molecule has 3 aromatic rings. The van der Waals surface area contributed by atoms with Crippen molar-refractivity contribution < 1.29 is 4.74 Å². The van der Waals surface area contributed by atoms with E-state index in [1.54, 1.807) is 13.2 Å². The first kappa shape index (κ1) is 12.3. The lowest BCUT2D eigenvalue weighted by molar-refractivity contribution is 0.379. The largest absolute Gasteiger partial charge is 0.467 e. The van der Waals surface area contributed by atoms with E-state index < -0.39 is 0 Å². The van der Waals surface area contributed by atoms with Gasteiger partial charge in [-0.25, -0.2) is 0 Å². The Bertz CT molecular complexity index is 732. The van der Waals surface area contributed by atoms with Gasteiger partial charge < -0.3 is 10.1 Å². The third kappa shape index (κ3) is 2.11. The van der Waals surface area contributed by atoms with E-state index in [1.165, 1.54) is 7.11 Å². The molecular weight excluding hydrogens is 254 g/mol. The van der Waals surface area contributed by atoms with Gasteiger partial charge in [-0.1, -0.05) is 18.2 Å². The average Bonchev–Trinajstić information content (AvgIpc) is 2.53. The molecular formula is C14H13N5O. The SMILES string of the molecule is CNc1nc(OC)nc(-c2cccc3cccnc23)n1. The van der Waals surface area contributed by atoms with Crippen molar-refractivity contribution in [2.45, 2.75) is 0 Å². The van der Waals surface area contributed by atoms with E-state index in [-0.39, 0.29) is 6.01 Å². The molecule has 0 atom stereocenters. The number of nitrogens with zero attached hydrogens (tertiary/aromatic N) is 4. The summed E-state index contributed by atoms with van der Waals surface area (Å²) in [6.07, 6.45) is 1.75. The summed E-state index contributed by atoms with van der Waals surface area (Å²) in [6.45, 7) is 0. The van der Waals surface area contributed by atoms with E-state index in [0.717, 1.165) is 16.5 Å². The molecule has 20 heavy (non-hydrogen) atoms. The van der Waals surface area contributed by atoms with E-state index >= 15 is 0 Å². The van der Waals surface area contributed by atoms with Crippen molar-refractivity contribution in [1.82, 2.24) is 19.9 Å². The van der Waals surface area contributed by atoms with Crippen LogP contribution in [0, 0.1) is 0 Å². The van der Waals surface area contributed by atoms with Gasteiger partial charge in [-0.05, 0) is 12.1 Å². The zero-order chi connectivity index (χ0) is 13.9. The van der Waals surface area contributed by atoms with E-state index in [4.69, 9.17) is 4.74 Å². The fourth-order valence-corrected chi connectivity index (χ4v) is 1.96. The predicted octanol–water partition coefficient (Wildman–Crippen LogP) is 2.14. The third-order valence-corrected chi connectivity index (χ3v) is 2.89. The molecule has 6 nitrogen and oxygen atoms in total. The van der Waals surface area contributed by atoms with E-state index in [1.807, 2.05) is 30.3 Å². The highest BCUT2D eigenvalue weighted by Gasteiger charge is 2.11. The Morgan fingerprint density at radius 1 is 1.05 bits per heavy atom. The van der Waals surface area contributed by atoms with Crippen molar-refractivity contribution in [2.75, 3.05) is 19.5 Å². The minimum atomic E-state index is 0.271. The second-order valence-electron chi connectivity index (χ2n) is 4.10. The highest BCUT2D eigenvalue weighted by molar-refractivity contribution is 5.91. The summed E-state index contributed by atoms with van der Waals surface area (Å²) >= 11 is 0. The van der Waals surface area contributed by atoms with Crippen LogP contribution in [0.4, 0.5) is 5.95 Å². The van der Waals surface area contributed by atoms with Crippen LogP contribution in [0.1, 0.15) is 0 Å². The summed E-state index contributed by atoms with van der Waals surface area (Å²) in [7, 11) is 3.28. The highest BCUT2D eigenvalue weighted by atomic mass is 16.5. The first-order chi connectivity index (χ1) is 9.81. The van der Waals surface area contributed by atoms with E-state index in [2.05, 4.69) is 25.3 Å². The predicted molar refractivity (Wildman–Crippen MR) is 76.7 cm³/mol. The molecule has 0 aliphatic rings. The molecule has 0 radical (unpaired) electrons. The quantitative estimate of drug-likeness (QED) is 0.783. The number of hydrogen-bond acceptors (Lipinski definition) is 6. The number of hydrogen-bond donors (Lipinski definition) is 1. The van der Waals surface area contributed by atoms with Gasteiger partial charge in [0.1, 0.15) is 0 Å². The molecule has 2 heterocycles. The molecule has 0 unspecified atom stereocenters. The Kier molecular flexibility index (Phi) is 3.12. The van der Waals surface area contributed by atoms with Crippen molar-refractivity contribution in [3.05, 3.63) is 36.5 Å². The standard InChI is InChI=1S/C14H13N5O/c1-15-13-17-12(18-14(19-13)20-2)10-7-3-5-9-6-4-8-16-11(9)10/h3-8H,1-2H3,(H,15,17,18,19). The summed E-state index contributed by atoms with van der Waals surface area (Å²) in [5.74, 6) is 0.991. The Morgan fingerprint density at radius 2 is 1.90 bits per heavy atom. The maximum absolute atomic E-state index is 5.11. The van der Waals surface area contributed by atoms with Crippen LogP contribution in [0.2, 0.25) is 0 Å². The van der Waals surface area contributed by atoms with Gasteiger partial charge in [-0.15, -0.1) is 0 Å². The molecule has 1 aromatic carbocycles. The topological polar surface area (TPSA) is 72.8 Å². The van der Waals surface area contributed by atoms with Gasteiger partial charge >= 0.3 is 6.01 Å². The van der Waals surface area contributed by atoms with Crippen LogP contribution in [-0.4, -0.2) is 34.1 Å². The minimum Gasteiger partial charge on any atom is -0.467 e. The Hall–Kier alpha value is -2.76. The second-order valence-corrected chi connectivity index (χ2v) is 4.10. The molecule has 0 aliphatic carbocycles. The first-order valence-electron chi connectivity index (χ1n) is 6.14. The summed E-state index contributed by atoms with van der Waals surface area (Å²) in [6, 6.07) is 10.1. The Balaban J connectivity index is 2.25. The molecule has 0 saturated carbocycles. The lowest BCUT2D eigenvalue weighted by Crippen LogP contribution is -2.03. The number of fused-ring (bicyclic) bond motifs is 1. The van der Waals surface area contributed by atoms with Crippen LogP contribution in [0.5, 0.6) is 6.01 Å². The molecule has 0 saturated heterocycles. The summed E-state index contributed by atoms with van der Waals surface area (Å²) < 4.78 is 5.11. The number of benzene rings is 1. The van der Waals surface area contributed by atoms with E-state index in [0.29, 0.717) is 11.8 Å². The van der Waals surface area contributed by atoms with Gasteiger partial charge in [0.05, 0.1) is 12.6 Å². The summed E-state index contributed by atoms with van der Waals surface area (Å²) in [5.41, 5.74) is 1.70. The number of anilines is 1. The molecule has 2 aromatic heterocycles. The molecule has 3 rings (SSSR count). The Morgan fingerprint density at radius 3 is 2.70 bits per heavy atom. The van der Waals surface area contributed by atoms with Gasteiger partial charge in [-0.2, -0.15) is 15.0 Å². The van der Waals surface area contributed by atoms with Gasteiger partial charge in [0.2, 0.25) is 5.95 Å². The van der Waals surface area contributed by atoms with Gasteiger partial charge in [0.15, 0.2) is 5.82 Å². The average molecular weight is 267 g/mol. The zero-order valence-electron chi connectivity index (χ0n) is 11.2. The van der Waals surface area contributed by atoms with Crippen LogP contribution in [0.25, 0.3) is 22.3 Å². The van der Waals surface area contributed by atoms with Crippen LogP contribution >= 0.6 is 0 Å². The summed E-state index contributed by atoms with van der Waals surface area (Å²) in [4.78, 5) is 17.2. The van der Waals surface area contributed by atoms with Crippen LogP contribution in [0.15, 0.2) is 36.5 Å². The number of ether oxygens (including phenoxy) is 1. The number of nitrogens with one attached hydrogen (secondary N) is 1. The van der Waals surface area contributed by atoms with Crippen LogP contribution in [-0.2, 0) is 0 Å². The minimum absolute atomic E-state index is 0.271. The van der Waals surface area contributed by atoms with Crippen molar-refractivity contribution in [1.29, 1.82) is 0 Å². The molecule has 6 heteroatoms. The van der Waals surface area contributed by atoms with Crippen molar-refractivity contribution in [3.8, 4) is 17.4 Å². The number of aromatic nitrogens is 4. The molecule has 0 aliphatic heterocycles. The first-order valence-corrected chi connectivity index (χ1v) is 6.14. The molecule has 0 bridgehead atoms. The van der Waals surface area contributed by atoms with E-state index in [9.17, 15) is 0 Å². The smallest absolute Gasteiger partial charge is 0.321 e. The number of methoxy groups -OCH3 is 1. The number of rotatable bonds is 3. The van der Waals surface area contributed by atoms with Gasteiger partial charge in [0.25, 0.3) is 0 Å². The monoisotopic (exact) mass is 267 g/mol. The zero-order valence-corrected chi connectivity index (χ0v) is 11.2. The number of pyridine rings is 1. The lowest BCUT2D eigenvalue weighted by Gasteiger charge is -2.07. The highest BCUT2D eigenvalue weighted by Crippen LogP contribution is 2.25. The molecule has 100 valence electrons.